The predicted octanol–water partition coefficient (Wildman–Crippen LogP) is 3.91. The Labute approximate surface area is 141 Å². The van der Waals surface area contributed by atoms with E-state index in [0.29, 0.717) is 22.8 Å². The molecule has 1 aliphatic heterocycles. The fourth-order valence-corrected chi connectivity index (χ4v) is 3.38. The highest BCUT2D eigenvalue weighted by molar-refractivity contribution is 7.14. The highest BCUT2D eigenvalue weighted by Gasteiger charge is 2.30. The summed E-state index contributed by atoms with van der Waals surface area (Å²) in [5.41, 5.74) is 0.0744. The number of anilines is 1. The zero-order chi connectivity index (χ0) is 17.2. The summed E-state index contributed by atoms with van der Waals surface area (Å²) < 4.78 is 38.3. The summed E-state index contributed by atoms with van der Waals surface area (Å²) in [4.78, 5) is 16.2. The first-order valence-electron chi connectivity index (χ1n) is 7.58. The molecule has 0 bridgehead atoms. The van der Waals surface area contributed by atoms with Crippen molar-refractivity contribution in [2.45, 2.75) is 31.5 Å². The Morgan fingerprint density at radius 2 is 2.25 bits per heavy atom. The van der Waals surface area contributed by atoms with Gasteiger partial charge < -0.3 is 10.6 Å². The van der Waals surface area contributed by atoms with Crippen molar-refractivity contribution in [2.75, 3.05) is 11.9 Å². The van der Waals surface area contributed by atoms with E-state index in [1.165, 1.54) is 17.4 Å². The Kier molecular flexibility index (Phi) is 4.86. The van der Waals surface area contributed by atoms with Crippen molar-refractivity contribution in [1.82, 2.24) is 10.3 Å². The molecular weight excluding hydrogens is 339 g/mol. The quantitative estimate of drug-likeness (QED) is 0.874. The summed E-state index contributed by atoms with van der Waals surface area (Å²) in [6.45, 7) is 0.925. The molecule has 8 heteroatoms. The summed E-state index contributed by atoms with van der Waals surface area (Å²) >= 11 is 1.20. The molecule has 3 rings (SSSR count). The number of benzene rings is 1. The number of aromatic nitrogens is 1. The topological polar surface area (TPSA) is 54.0 Å². The Morgan fingerprint density at radius 3 is 2.96 bits per heavy atom. The van der Waals surface area contributed by atoms with Crippen molar-refractivity contribution < 1.29 is 18.0 Å². The average Bonchev–Trinajstić information content (AvgIpc) is 3.18. The van der Waals surface area contributed by atoms with Crippen LogP contribution in [0.3, 0.4) is 0 Å². The standard InChI is InChI=1S/C16H16F3N3OS/c17-16(18,19)11-4-1-3-10(7-11)13-9-24-15(21-13)22-14(23)8-12-5-2-6-20-12/h1,3-4,7,9,12,20H,2,5-6,8H2,(H,21,22,23). The van der Waals surface area contributed by atoms with Crippen LogP contribution in [-0.2, 0) is 11.0 Å². The summed E-state index contributed by atoms with van der Waals surface area (Å²) in [6.07, 6.45) is -1.98. The van der Waals surface area contributed by atoms with Gasteiger partial charge in [-0.05, 0) is 31.5 Å². The van der Waals surface area contributed by atoms with Gasteiger partial charge in [0.25, 0.3) is 0 Å². The van der Waals surface area contributed by atoms with Gasteiger partial charge in [-0.3, -0.25) is 4.79 Å². The van der Waals surface area contributed by atoms with Gasteiger partial charge in [-0.1, -0.05) is 12.1 Å². The maximum Gasteiger partial charge on any atom is 0.416 e. The van der Waals surface area contributed by atoms with Crippen LogP contribution in [-0.4, -0.2) is 23.5 Å². The number of carbonyl (C=O) groups excluding carboxylic acids is 1. The van der Waals surface area contributed by atoms with E-state index in [-0.39, 0.29) is 11.9 Å². The molecule has 1 aliphatic rings. The number of carbonyl (C=O) groups is 1. The Balaban J connectivity index is 1.68. The van der Waals surface area contributed by atoms with Gasteiger partial charge in [-0.2, -0.15) is 13.2 Å². The van der Waals surface area contributed by atoms with Crippen LogP contribution in [0.4, 0.5) is 18.3 Å². The van der Waals surface area contributed by atoms with Crippen LogP contribution in [0.1, 0.15) is 24.8 Å². The number of rotatable bonds is 4. The number of halogens is 3. The maximum atomic E-state index is 12.8. The number of amides is 1. The van der Waals surface area contributed by atoms with Gasteiger partial charge in [0, 0.05) is 23.4 Å². The molecule has 0 saturated carbocycles. The van der Waals surface area contributed by atoms with Crippen molar-refractivity contribution in [2.24, 2.45) is 0 Å². The molecule has 1 aromatic carbocycles. The monoisotopic (exact) mass is 355 g/mol. The molecule has 1 saturated heterocycles. The Hall–Kier alpha value is -1.93. The van der Waals surface area contributed by atoms with Gasteiger partial charge in [0.1, 0.15) is 0 Å². The van der Waals surface area contributed by atoms with Crippen LogP contribution in [0.5, 0.6) is 0 Å². The van der Waals surface area contributed by atoms with E-state index in [1.807, 2.05) is 0 Å². The van der Waals surface area contributed by atoms with Gasteiger partial charge in [-0.25, -0.2) is 4.98 Å². The predicted molar refractivity (Wildman–Crippen MR) is 86.8 cm³/mol. The van der Waals surface area contributed by atoms with Crippen molar-refractivity contribution in [3.63, 3.8) is 0 Å². The van der Waals surface area contributed by atoms with E-state index in [2.05, 4.69) is 15.6 Å². The molecule has 1 unspecified atom stereocenters. The molecule has 128 valence electrons. The smallest absolute Gasteiger partial charge is 0.313 e. The van der Waals surface area contributed by atoms with Crippen LogP contribution >= 0.6 is 11.3 Å². The number of hydrogen-bond acceptors (Lipinski definition) is 4. The minimum absolute atomic E-state index is 0.139. The lowest BCUT2D eigenvalue weighted by molar-refractivity contribution is -0.137. The molecule has 4 nitrogen and oxygen atoms in total. The Bertz CT molecular complexity index is 723. The molecule has 1 amide bonds. The summed E-state index contributed by atoms with van der Waals surface area (Å²) in [6, 6.07) is 5.18. The maximum absolute atomic E-state index is 12.8. The number of alkyl halides is 3. The third-order valence-electron chi connectivity index (χ3n) is 3.83. The van der Waals surface area contributed by atoms with Crippen molar-refractivity contribution in [3.8, 4) is 11.3 Å². The number of nitrogens with one attached hydrogen (secondary N) is 2. The Morgan fingerprint density at radius 1 is 1.42 bits per heavy atom. The second-order valence-corrected chi connectivity index (χ2v) is 6.52. The zero-order valence-corrected chi connectivity index (χ0v) is 13.5. The van der Waals surface area contributed by atoms with Crippen molar-refractivity contribution in [1.29, 1.82) is 0 Å². The fourth-order valence-electron chi connectivity index (χ4n) is 2.64. The van der Waals surface area contributed by atoms with Crippen LogP contribution in [0.25, 0.3) is 11.3 Å². The molecule has 0 spiro atoms. The molecule has 0 aliphatic carbocycles. The molecular formula is C16H16F3N3OS. The molecule has 2 aromatic rings. The van der Waals surface area contributed by atoms with E-state index in [0.717, 1.165) is 31.5 Å². The number of thiazole rings is 1. The summed E-state index contributed by atoms with van der Waals surface area (Å²) in [7, 11) is 0. The molecule has 2 heterocycles. The third kappa shape index (κ3) is 4.12. The van der Waals surface area contributed by atoms with E-state index in [1.54, 1.807) is 11.4 Å². The summed E-state index contributed by atoms with van der Waals surface area (Å²) in [5.74, 6) is -0.139. The van der Waals surface area contributed by atoms with Gasteiger partial charge in [0.2, 0.25) is 5.91 Å². The number of hydrogen-bond donors (Lipinski definition) is 2. The first-order valence-corrected chi connectivity index (χ1v) is 8.46. The van der Waals surface area contributed by atoms with E-state index < -0.39 is 11.7 Å². The normalized spacial score (nSPS) is 17.9. The van der Waals surface area contributed by atoms with Crippen LogP contribution in [0.15, 0.2) is 29.6 Å². The molecule has 24 heavy (non-hydrogen) atoms. The number of nitrogens with zero attached hydrogens (tertiary/aromatic N) is 1. The van der Waals surface area contributed by atoms with Crippen LogP contribution < -0.4 is 10.6 Å². The molecule has 2 N–H and O–H groups in total. The van der Waals surface area contributed by atoms with E-state index >= 15 is 0 Å². The molecule has 1 fully saturated rings. The average molecular weight is 355 g/mol. The highest BCUT2D eigenvalue weighted by atomic mass is 32.1. The van der Waals surface area contributed by atoms with Gasteiger partial charge in [0.05, 0.1) is 11.3 Å². The molecule has 0 radical (unpaired) electrons. The second kappa shape index (κ2) is 6.90. The molecule has 1 aromatic heterocycles. The second-order valence-electron chi connectivity index (χ2n) is 5.66. The van der Waals surface area contributed by atoms with E-state index in [4.69, 9.17) is 0 Å². The molecule has 1 atom stereocenters. The fraction of sp³-hybridized carbons (Fsp3) is 0.375. The first-order chi connectivity index (χ1) is 11.4. The van der Waals surface area contributed by atoms with Gasteiger partial charge >= 0.3 is 6.18 Å². The van der Waals surface area contributed by atoms with Gasteiger partial charge in [-0.15, -0.1) is 11.3 Å². The largest absolute Gasteiger partial charge is 0.416 e. The summed E-state index contributed by atoms with van der Waals surface area (Å²) in [5, 5.41) is 7.98. The SMILES string of the molecule is O=C(CC1CCCN1)Nc1nc(-c2cccc(C(F)(F)F)c2)cs1. The van der Waals surface area contributed by atoms with E-state index in [9.17, 15) is 18.0 Å². The van der Waals surface area contributed by atoms with Crippen molar-refractivity contribution >= 4 is 22.4 Å². The first kappa shape index (κ1) is 16.9. The lowest BCUT2D eigenvalue weighted by atomic mass is 10.1. The minimum atomic E-state index is -4.39. The van der Waals surface area contributed by atoms with Gasteiger partial charge in [0.15, 0.2) is 5.13 Å². The highest BCUT2D eigenvalue weighted by Crippen LogP contribution is 2.33. The lowest BCUT2D eigenvalue weighted by Crippen LogP contribution is -2.27. The third-order valence-corrected chi connectivity index (χ3v) is 4.59. The lowest BCUT2D eigenvalue weighted by Gasteiger charge is -2.08. The zero-order valence-electron chi connectivity index (χ0n) is 12.7. The van der Waals surface area contributed by atoms with Crippen LogP contribution in [0, 0.1) is 0 Å². The minimum Gasteiger partial charge on any atom is -0.313 e. The van der Waals surface area contributed by atoms with Crippen molar-refractivity contribution in [3.05, 3.63) is 35.2 Å². The van der Waals surface area contributed by atoms with Crippen LogP contribution in [0.2, 0.25) is 0 Å².